The number of rotatable bonds is 5. The Bertz CT molecular complexity index is 557. The van der Waals surface area contributed by atoms with E-state index in [0.29, 0.717) is 5.02 Å². The van der Waals surface area contributed by atoms with Gasteiger partial charge >= 0.3 is 0 Å². The minimum atomic E-state index is -0.157. The lowest BCUT2D eigenvalue weighted by atomic mass is 10.0. The number of nitrogens with one attached hydrogen (secondary N) is 1. The third kappa shape index (κ3) is 3.70. The Hall–Kier alpha value is -1.62. The molecule has 2 rings (SSSR count). The van der Waals surface area contributed by atoms with E-state index in [2.05, 4.69) is 10.4 Å². The maximum absolute atomic E-state index is 5.90. The summed E-state index contributed by atoms with van der Waals surface area (Å²) in [6.45, 7) is 3.95. The molecule has 2 aromatic rings. The van der Waals surface area contributed by atoms with Crippen LogP contribution in [0.3, 0.4) is 0 Å². The summed E-state index contributed by atoms with van der Waals surface area (Å²) < 4.78 is 5.65. The molecule has 5 heteroatoms. The fraction of sp³-hybridized carbons (Fsp3) is 0.267. The van der Waals surface area contributed by atoms with Crippen molar-refractivity contribution in [3.05, 3.63) is 58.9 Å². The van der Waals surface area contributed by atoms with Crippen molar-refractivity contribution in [1.29, 1.82) is 0 Å². The highest BCUT2D eigenvalue weighted by Crippen LogP contribution is 2.25. The van der Waals surface area contributed by atoms with E-state index in [9.17, 15) is 0 Å². The first kappa shape index (κ1) is 14.8. The van der Waals surface area contributed by atoms with Crippen molar-refractivity contribution in [2.24, 2.45) is 5.84 Å². The summed E-state index contributed by atoms with van der Waals surface area (Å²) >= 11 is 5.90. The van der Waals surface area contributed by atoms with Gasteiger partial charge in [0.1, 0.15) is 5.75 Å². The normalized spacial score (nSPS) is 12.4. The first-order chi connectivity index (χ1) is 9.60. The van der Waals surface area contributed by atoms with E-state index >= 15 is 0 Å². The van der Waals surface area contributed by atoms with Crippen molar-refractivity contribution in [2.75, 3.05) is 0 Å². The molecule has 0 fully saturated rings. The SMILES string of the molecule is CC(C)Oc1cncc(C(NN)c2ccc(Cl)cc2)c1. The minimum Gasteiger partial charge on any atom is -0.489 e. The molecule has 0 saturated carbocycles. The summed E-state index contributed by atoms with van der Waals surface area (Å²) in [5.74, 6) is 6.40. The zero-order valence-corrected chi connectivity index (χ0v) is 12.3. The van der Waals surface area contributed by atoms with Crippen LogP contribution in [0.1, 0.15) is 31.0 Å². The zero-order valence-electron chi connectivity index (χ0n) is 11.5. The zero-order chi connectivity index (χ0) is 14.5. The molecule has 1 aromatic carbocycles. The molecule has 1 aromatic heterocycles. The van der Waals surface area contributed by atoms with Crippen LogP contribution in [-0.2, 0) is 0 Å². The van der Waals surface area contributed by atoms with Gasteiger partial charge in [-0.1, -0.05) is 23.7 Å². The van der Waals surface area contributed by atoms with Crippen molar-refractivity contribution in [3.63, 3.8) is 0 Å². The molecule has 4 nitrogen and oxygen atoms in total. The van der Waals surface area contributed by atoms with E-state index in [1.54, 1.807) is 12.4 Å². The predicted molar refractivity (Wildman–Crippen MR) is 80.6 cm³/mol. The lowest BCUT2D eigenvalue weighted by molar-refractivity contribution is 0.241. The van der Waals surface area contributed by atoms with Crippen molar-refractivity contribution in [1.82, 2.24) is 10.4 Å². The van der Waals surface area contributed by atoms with Crippen LogP contribution in [-0.4, -0.2) is 11.1 Å². The number of ether oxygens (including phenoxy) is 1. The van der Waals surface area contributed by atoms with Crippen LogP contribution in [0, 0.1) is 0 Å². The van der Waals surface area contributed by atoms with Crippen LogP contribution >= 0.6 is 11.6 Å². The molecular weight excluding hydrogens is 274 g/mol. The Labute approximate surface area is 123 Å². The van der Waals surface area contributed by atoms with Gasteiger partial charge in [0.25, 0.3) is 0 Å². The molecule has 106 valence electrons. The Balaban J connectivity index is 2.29. The first-order valence-electron chi connectivity index (χ1n) is 6.43. The molecule has 0 spiro atoms. The number of pyridine rings is 1. The predicted octanol–water partition coefficient (Wildman–Crippen LogP) is 3.07. The van der Waals surface area contributed by atoms with Crippen molar-refractivity contribution < 1.29 is 4.74 Å². The number of benzene rings is 1. The van der Waals surface area contributed by atoms with Crippen LogP contribution in [0.25, 0.3) is 0 Å². The van der Waals surface area contributed by atoms with Crippen molar-refractivity contribution in [3.8, 4) is 5.75 Å². The molecule has 1 heterocycles. The summed E-state index contributed by atoms with van der Waals surface area (Å²) in [6, 6.07) is 9.32. The lowest BCUT2D eigenvalue weighted by Crippen LogP contribution is -2.29. The summed E-state index contributed by atoms with van der Waals surface area (Å²) in [4.78, 5) is 4.20. The Morgan fingerprint density at radius 2 is 1.85 bits per heavy atom. The molecule has 0 bridgehead atoms. The van der Waals surface area contributed by atoms with Gasteiger partial charge in [0.2, 0.25) is 0 Å². The first-order valence-corrected chi connectivity index (χ1v) is 6.81. The number of halogens is 1. The molecule has 1 unspecified atom stereocenters. The molecule has 0 aliphatic carbocycles. The van der Waals surface area contributed by atoms with Crippen molar-refractivity contribution >= 4 is 11.6 Å². The van der Waals surface area contributed by atoms with E-state index in [0.717, 1.165) is 16.9 Å². The van der Waals surface area contributed by atoms with Gasteiger partial charge in [-0.2, -0.15) is 0 Å². The van der Waals surface area contributed by atoms with Gasteiger partial charge in [-0.15, -0.1) is 0 Å². The number of hydrogen-bond acceptors (Lipinski definition) is 4. The van der Waals surface area contributed by atoms with Crippen LogP contribution in [0.15, 0.2) is 42.7 Å². The average molecular weight is 292 g/mol. The quantitative estimate of drug-likeness (QED) is 0.656. The van der Waals surface area contributed by atoms with Gasteiger partial charge in [-0.3, -0.25) is 10.8 Å². The maximum Gasteiger partial charge on any atom is 0.138 e. The fourth-order valence-corrected chi connectivity index (χ4v) is 2.10. The maximum atomic E-state index is 5.90. The van der Waals surface area contributed by atoms with Gasteiger partial charge in [0.15, 0.2) is 0 Å². The fourth-order valence-electron chi connectivity index (χ4n) is 1.97. The van der Waals surface area contributed by atoms with E-state index in [1.165, 1.54) is 0 Å². The second-order valence-electron chi connectivity index (χ2n) is 4.77. The van der Waals surface area contributed by atoms with Gasteiger partial charge < -0.3 is 4.74 Å². The third-order valence-corrected chi connectivity index (χ3v) is 3.06. The standard InChI is InChI=1S/C15H18ClN3O/c1-10(2)20-14-7-12(8-18-9-14)15(19-17)11-3-5-13(16)6-4-11/h3-10,15,19H,17H2,1-2H3. The van der Waals surface area contributed by atoms with E-state index in [1.807, 2.05) is 44.2 Å². The topological polar surface area (TPSA) is 60.2 Å². The van der Waals surface area contributed by atoms with Crippen LogP contribution < -0.4 is 16.0 Å². The smallest absolute Gasteiger partial charge is 0.138 e. The van der Waals surface area contributed by atoms with Gasteiger partial charge in [0, 0.05) is 11.2 Å². The molecule has 1 atom stereocenters. The molecule has 0 saturated heterocycles. The molecule has 0 amide bonds. The van der Waals surface area contributed by atoms with Crippen molar-refractivity contribution in [2.45, 2.75) is 26.0 Å². The Morgan fingerprint density at radius 1 is 1.15 bits per heavy atom. The summed E-state index contributed by atoms with van der Waals surface area (Å²) in [5.41, 5.74) is 4.75. The lowest BCUT2D eigenvalue weighted by Gasteiger charge is -2.18. The van der Waals surface area contributed by atoms with Crippen LogP contribution in [0.2, 0.25) is 5.02 Å². The number of nitrogens with two attached hydrogens (primary N) is 1. The largest absolute Gasteiger partial charge is 0.489 e. The van der Waals surface area contributed by atoms with Crippen LogP contribution in [0.4, 0.5) is 0 Å². The summed E-state index contributed by atoms with van der Waals surface area (Å²) in [7, 11) is 0. The number of aromatic nitrogens is 1. The Kier molecular flexibility index (Phi) is 4.95. The number of hydrogen-bond donors (Lipinski definition) is 2. The average Bonchev–Trinajstić information content (AvgIpc) is 2.41. The molecular formula is C15H18ClN3O. The van der Waals surface area contributed by atoms with Crippen LogP contribution in [0.5, 0.6) is 5.75 Å². The Morgan fingerprint density at radius 3 is 2.45 bits per heavy atom. The van der Waals surface area contributed by atoms with Gasteiger partial charge in [-0.05, 0) is 43.2 Å². The molecule has 0 aliphatic heterocycles. The second-order valence-corrected chi connectivity index (χ2v) is 5.21. The molecule has 3 N–H and O–H groups in total. The van der Waals surface area contributed by atoms with Gasteiger partial charge in [-0.25, -0.2) is 5.43 Å². The monoisotopic (exact) mass is 291 g/mol. The second kappa shape index (κ2) is 6.70. The molecule has 0 aliphatic rings. The highest BCUT2D eigenvalue weighted by molar-refractivity contribution is 6.30. The third-order valence-electron chi connectivity index (χ3n) is 2.81. The van der Waals surface area contributed by atoms with E-state index < -0.39 is 0 Å². The molecule has 0 radical (unpaired) electrons. The molecule has 20 heavy (non-hydrogen) atoms. The number of hydrazine groups is 1. The summed E-state index contributed by atoms with van der Waals surface area (Å²) in [5, 5.41) is 0.694. The summed E-state index contributed by atoms with van der Waals surface area (Å²) in [6.07, 6.45) is 3.57. The highest BCUT2D eigenvalue weighted by atomic mass is 35.5. The number of nitrogens with zero attached hydrogens (tertiary/aromatic N) is 1. The van der Waals surface area contributed by atoms with E-state index in [4.69, 9.17) is 22.2 Å². The van der Waals surface area contributed by atoms with E-state index in [-0.39, 0.29) is 12.1 Å². The van der Waals surface area contributed by atoms with Gasteiger partial charge in [0.05, 0.1) is 18.3 Å². The minimum absolute atomic E-state index is 0.104. The highest BCUT2D eigenvalue weighted by Gasteiger charge is 2.14.